The van der Waals surface area contributed by atoms with Crippen LogP contribution in [0.25, 0.3) is 0 Å². The zero-order valence-corrected chi connectivity index (χ0v) is 19.9. The summed E-state index contributed by atoms with van der Waals surface area (Å²) in [6.07, 6.45) is -2.87. The lowest BCUT2D eigenvalue weighted by Crippen LogP contribution is -2.28. The summed E-state index contributed by atoms with van der Waals surface area (Å²) in [7, 11) is 0. The molecule has 0 saturated heterocycles. The van der Waals surface area contributed by atoms with E-state index in [0.717, 1.165) is 29.5 Å². The number of nitrogens with zero attached hydrogens (tertiary/aromatic N) is 3. The van der Waals surface area contributed by atoms with Gasteiger partial charge in [-0.25, -0.2) is 0 Å². The van der Waals surface area contributed by atoms with Crippen molar-refractivity contribution in [2.75, 3.05) is 11.1 Å². The molecule has 2 aromatic carbocycles. The van der Waals surface area contributed by atoms with Crippen LogP contribution >= 0.6 is 11.8 Å². The molecule has 3 rings (SSSR count). The van der Waals surface area contributed by atoms with E-state index in [1.807, 2.05) is 19.1 Å². The van der Waals surface area contributed by atoms with Crippen LogP contribution in [0.15, 0.2) is 66.3 Å². The summed E-state index contributed by atoms with van der Waals surface area (Å²) in [6, 6.07) is 11.1. The van der Waals surface area contributed by atoms with Crippen molar-refractivity contribution in [3.05, 3.63) is 83.7 Å². The van der Waals surface area contributed by atoms with Crippen molar-refractivity contribution < 1.29 is 22.8 Å². The van der Waals surface area contributed by atoms with Gasteiger partial charge < -0.3 is 15.2 Å². The molecule has 7 nitrogen and oxygen atoms in total. The first-order valence-corrected chi connectivity index (χ1v) is 11.6. The molecule has 0 radical (unpaired) electrons. The number of aromatic nitrogens is 3. The Bertz CT molecular complexity index is 1210. The molecule has 1 aromatic heterocycles. The Morgan fingerprint density at radius 3 is 2.54 bits per heavy atom. The second-order valence-corrected chi connectivity index (χ2v) is 8.66. The number of thioether (sulfide) groups is 1. The van der Waals surface area contributed by atoms with Crippen LogP contribution in [0, 0.1) is 6.92 Å². The van der Waals surface area contributed by atoms with Gasteiger partial charge in [0.05, 0.1) is 17.4 Å². The van der Waals surface area contributed by atoms with Crippen LogP contribution in [0.2, 0.25) is 0 Å². The number of carbonyl (C=O) groups is 2. The number of carbonyl (C=O) groups excluding carboxylic acids is 2. The van der Waals surface area contributed by atoms with Crippen molar-refractivity contribution in [2.45, 2.75) is 37.8 Å². The monoisotopic (exact) mass is 503 g/mol. The SMILES string of the molecule is C=CCn1c(SCC(=O)Nc2cccc(C(F)(F)F)c2)nnc1[C@@H](C)NC(=O)c1ccc(C)cc1. The molecule has 0 aliphatic heterocycles. The highest BCUT2D eigenvalue weighted by Crippen LogP contribution is 2.30. The van der Waals surface area contributed by atoms with E-state index in [0.29, 0.717) is 23.1 Å². The molecular weight excluding hydrogens is 479 g/mol. The Balaban J connectivity index is 1.66. The Morgan fingerprint density at radius 2 is 1.89 bits per heavy atom. The van der Waals surface area contributed by atoms with Gasteiger partial charge in [0.25, 0.3) is 5.91 Å². The van der Waals surface area contributed by atoms with Gasteiger partial charge >= 0.3 is 6.18 Å². The molecule has 2 amide bonds. The van der Waals surface area contributed by atoms with Crippen LogP contribution in [0.4, 0.5) is 18.9 Å². The largest absolute Gasteiger partial charge is 0.416 e. The lowest BCUT2D eigenvalue weighted by atomic mass is 10.1. The predicted molar refractivity (Wildman–Crippen MR) is 128 cm³/mol. The summed E-state index contributed by atoms with van der Waals surface area (Å²) in [4.78, 5) is 24.9. The number of benzene rings is 2. The lowest BCUT2D eigenvalue weighted by molar-refractivity contribution is -0.137. The molecule has 0 fully saturated rings. The molecule has 0 saturated carbocycles. The third-order valence-electron chi connectivity index (χ3n) is 4.91. The van der Waals surface area contributed by atoms with E-state index < -0.39 is 23.7 Å². The summed E-state index contributed by atoms with van der Waals surface area (Å²) in [5.41, 5.74) is 0.753. The van der Waals surface area contributed by atoms with Crippen molar-refractivity contribution in [1.82, 2.24) is 20.1 Å². The van der Waals surface area contributed by atoms with Gasteiger partial charge in [0.15, 0.2) is 11.0 Å². The molecule has 11 heteroatoms. The highest BCUT2D eigenvalue weighted by Gasteiger charge is 2.30. The van der Waals surface area contributed by atoms with E-state index in [1.54, 1.807) is 29.7 Å². The highest BCUT2D eigenvalue weighted by molar-refractivity contribution is 7.99. The van der Waals surface area contributed by atoms with Crippen LogP contribution in [-0.2, 0) is 17.5 Å². The maximum Gasteiger partial charge on any atom is 0.416 e. The Labute approximate surface area is 204 Å². The fourth-order valence-corrected chi connectivity index (χ4v) is 3.93. The van der Waals surface area contributed by atoms with Crippen LogP contribution < -0.4 is 10.6 Å². The van der Waals surface area contributed by atoms with Gasteiger partial charge in [-0.1, -0.05) is 41.6 Å². The first-order valence-electron chi connectivity index (χ1n) is 10.6. The third kappa shape index (κ3) is 6.95. The number of hydrogen-bond acceptors (Lipinski definition) is 5. The minimum Gasteiger partial charge on any atom is -0.342 e. The fourth-order valence-electron chi connectivity index (χ4n) is 3.18. The Hall–Kier alpha value is -3.60. The summed E-state index contributed by atoms with van der Waals surface area (Å²) in [6.45, 7) is 7.77. The number of amides is 2. The van der Waals surface area contributed by atoms with Crippen molar-refractivity contribution in [3.8, 4) is 0 Å². The maximum absolute atomic E-state index is 12.9. The quantitative estimate of drug-likeness (QED) is 0.317. The first-order chi connectivity index (χ1) is 16.6. The van der Waals surface area contributed by atoms with E-state index in [2.05, 4.69) is 27.4 Å². The van der Waals surface area contributed by atoms with Crippen molar-refractivity contribution in [1.29, 1.82) is 0 Å². The minimum absolute atomic E-state index is 0.0473. The van der Waals surface area contributed by atoms with Gasteiger partial charge in [-0.3, -0.25) is 9.59 Å². The van der Waals surface area contributed by atoms with Gasteiger partial charge in [0.1, 0.15) is 0 Å². The average Bonchev–Trinajstić information content (AvgIpc) is 3.20. The van der Waals surface area contributed by atoms with Gasteiger partial charge in [0, 0.05) is 17.8 Å². The summed E-state index contributed by atoms with van der Waals surface area (Å²) < 4.78 is 40.4. The van der Waals surface area contributed by atoms with Crippen molar-refractivity contribution in [3.63, 3.8) is 0 Å². The zero-order valence-electron chi connectivity index (χ0n) is 19.1. The molecule has 35 heavy (non-hydrogen) atoms. The molecule has 0 unspecified atom stereocenters. The fraction of sp³-hybridized carbons (Fsp3) is 0.250. The van der Waals surface area contributed by atoms with E-state index in [4.69, 9.17) is 0 Å². The predicted octanol–water partition coefficient (Wildman–Crippen LogP) is 5.01. The van der Waals surface area contributed by atoms with Gasteiger partial charge in [0.2, 0.25) is 5.91 Å². The smallest absolute Gasteiger partial charge is 0.342 e. The van der Waals surface area contributed by atoms with E-state index in [-0.39, 0.29) is 17.3 Å². The molecule has 3 aromatic rings. The summed E-state index contributed by atoms with van der Waals surface area (Å²) >= 11 is 1.07. The molecule has 184 valence electrons. The zero-order chi connectivity index (χ0) is 25.6. The Morgan fingerprint density at radius 1 is 1.17 bits per heavy atom. The number of allylic oxidation sites excluding steroid dienone is 1. The lowest BCUT2D eigenvalue weighted by Gasteiger charge is -2.15. The van der Waals surface area contributed by atoms with Gasteiger partial charge in [-0.2, -0.15) is 13.2 Å². The molecule has 1 atom stereocenters. The third-order valence-corrected chi connectivity index (χ3v) is 5.88. The number of nitrogens with one attached hydrogen (secondary N) is 2. The number of halogens is 3. The molecule has 0 aliphatic rings. The first kappa shape index (κ1) is 26.0. The average molecular weight is 504 g/mol. The molecule has 0 spiro atoms. The Kier molecular flexibility index (Phi) is 8.34. The summed E-state index contributed by atoms with van der Waals surface area (Å²) in [5.74, 6) is -0.383. The van der Waals surface area contributed by atoms with Gasteiger partial charge in [-0.15, -0.1) is 16.8 Å². The molecule has 2 N–H and O–H groups in total. The molecule has 1 heterocycles. The van der Waals surface area contributed by atoms with Crippen molar-refractivity contribution in [2.24, 2.45) is 0 Å². The second kappa shape index (κ2) is 11.2. The summed E-state index contributed by atoms with van der Waals surface area (Å²) in [5, 5.41) is 14.0. The van der Waals surface area contributed by atoms with Crippen LogP contribution in [0.1, 0.15) is 40.3 Å². The second-order valence-electron chi connectivity index (χ2n) is 7.72. The standard InChI is InChI=1S/C24H24F3N5O2S/c1-4-12-32-21(16(3)28-22(34)17-10-8-15(2)9-11-17)30-31-23(32)35-14-20(33)29-19-7-5-6-18(13-19)24(25,26)27/h4-11,13,16H,1,12,14H2,2-3H3,(H,28,34)(H,29,33)/t16-/m1/s1. The van der Waals surface area contributed by atoms with E-state index in [9.17, 15) is 22.8 Å². The normalized spacial score (nSPS) is 12.1. The van der Waals surface area contributed by atoms with E-state index in [1.165, 1.54) is 12.1 Å². The topological polar surface area (TPSA) is 88.9 Å². The number of aryl methyl sites for hydroxylation is 1. The number of hydrogen-bond donors (Lipinski definition) is 2. The number of rotatable bonds is 9. The molecule has 0 bridgehead atoms. The highest BCUT2D eigenvalue weighted by atomic mass is 32.2. The van der Waals surface area contributed by atoms with Crippen LogP contribution in [-0.4, -0.2) is 32.3 Å². The number of anilines is 1. The van der Waals surface area contributed by atoms with Gasteiger partial charge in [-0.05, 0) is 44.2 Å². The van der Waals surface area contributed by atoms with Crippen molar-refractivity contribution >= 4 is 29.3 Å². The molecular formula is C24H24F3N5O2S. The number of alkyl halides is 3. The van der Waals surface area contributed by atoms with Crippen LogP contribution in [0.5, 0.6) is 0 Å². The van der Waals surface area contributed by atoms with Crippen LogP contribution in [0.3, 0.4) is 0 Å². The molecule has 0 aliphatic carbocycles. The minimum atomic E-state index is -4.50. The maximum atomic E-state index is 12.9. The van der Waals surface area contributed by atoms with E-state index >= 15 is 0 Å².